The number of nitrogens with zero attached hydrogens (tertiary/aromatic N) is 1. The molecule has 0 unspecified atom stereocenters. The van der Waals surface area contributed by atoms with Crippen molar-refractivity contribution in [3.8, 4) is 11.1 Å². The summed E-state index contributed by atoms with van der Waals surface area (Å²) < 4.78 is 37.3. The van der Waals surface area contributed by atoms with E-state index < -0.39 is 11.7 Å². The van der Waals surface area contributed by atoms with Crippen LogP contribution in [-0.4, -0.2) is 4.98 Å². The van der Waals surface area contributed by atoms with Gasteiger partial charge in [0.25, 0.3) is 0 Å². The minimum absolute atomic E-state index is 0. The Hall–Kier alpha value is -1.30. The van der Waals surface area contributed by atoms with Crippen LogP contribution in [0.5, 0.6) is 0 Å². The highest BCUT2D eigenvalue weighted by atomic mass is 35.5. The van der Waals surface area contributed by atoms with Crippen molar-refractivity contribution in [2.75, 3.05) is 0 Å². The van der Waals surface area contributed by atoms with Crippen LogP contribution in [0, 0.1) is 0 Å². The second-order valence-electron chi connectivity index (χ2n) is 3.81. The maximum absolute atomic E-state index is 12.4. The van der Waals surface area contributed by atoms with E-state index in [1.165, 1.54) is 12.1 Å². The highest BCUT2D eigenvalue weighted by molar-refractivity contribution is 5.85. The van der Waals surface area contributed by atoms with Gasteiger partial charge in [-0.3, -0.25) is 4.98 Å². The second kappa shape index (κ2) is 7.47. The molecule has 0 fully saturated rings. The first-order chi connectivity index (χ1) is 8.52. The molecule has 0 aliphatic heterocycles. The number of nitrogens with two attached hydrogens (primary N) is 1. The average molecular weight is 325 g/mol. The molecule has 2 N–H and O–H groups in total. The number of halogens is 5. The van der Waals surface area contributed by atoms with Gasteiger partial charge in [-0.05, 0) is 34.9 Å². The van der Waals surface area contributed by atoms with Crippen LogP contribution < -0.4 is 5.73 Å². The van der Waals surface area contributed by atoms with Crippen molar-refractivity contribution in [1.82, 2.24) is 4.98 Å². The van der Waals surface area contributed by atoms with Crippen molar-refractivity contribution in [3.63, 3.8) is 0 Å². The predicted molar refractivity (Wildman–Crippen MR) is 77.1 cm³/mol. The van der Waals surface area contributed by atoms with Crippen LogP contribution in [0.3, 0.4) is 0 Å². The Bertz CT molecular complexity index is 542. The molecule has 7 heteroatoms. The molecule has 0 spiro atoms. The lowest BCUT2D eigenvalue weighted by atomic mass is 10.0. The van der Waals surface area contributed by atoms with Gasteiger partial charge >= 0.3 is 6.18 Å². The molecule has 0 atom stereocenters. The van der Waals surface area contributed by atoms with Gasteiger partial charge in [0.05, 0.1) is 5.56 Å². The molecule has 2 rings (SSSR count). The van der Waals surface area contributed by atoms with Crippen molar-refractivity contribution in [2.45, 2.75) is 12.7 Å². The molecule has 2 aromatic rings. The van der Waals surface area contributed by atoms with E-state index in [4.69, 9.17) is 5.73 Å². The Morgan fingerprint density at radius 1 is 1.00 bits per heavy atom. The summed E-state index contributed by atoms with van der Waals surface area (Å²) in [4.78, 5) is 3.94. The van der Waals surface area contributed by atoms with Gasteiger partial charge in [-0.1, -0.05) is 12.1 Å². The SMILES string of the molecule is Cl.Cl.NCc1cnccc1-c1ccc(C(F)(F)F)cc1. The number of aromatic nitrogens is 1. The van der Waals surface area contributed by atoms with E-state index in [2.05, 4.69) is 4.98 Å². The highest BCUT2D eigenvalue weighted by Gasteiger charge is 2.29. The molecule has 0 radical (unpaired) electrons. The Balaban J connectivity index is 0.00000180. The topological polar surface area (TPSA) is 38.9 Å². The smallest absolute Gasteiger partial charge is 0.326 e. The van der Waals surface area contributed by atoms with E-state index in [9.17, 15) is 13.2 Å². The molecule has 0 amide bonds. The first-order valence-electron chi connectivity index (χ1n) is 5.33. The van der Waals surface area contributed by atoms with Crippen molar-refractivity contribution in [3.05, 3.63) is 53.9 Å². The minimum Gasteiger partial charge on any atom is -0.326 e. The van der Waals surface area contributed by atoms with Gasteiger partial charge in [0.1, 0.15) is 0 Å². The van der Waals surface area contributed by atoms with Crippen LogP contribution in [-0.2, 0) is 12.7 Å². The van der Waals surface area contributed by atoms with Crippen LogP contribution >= 0.6 is 24.8 Å². The summed E-state index contributed by atoms with van der Waals surface area (Å²) >= 11 is 0. The average Bonchev–Trinajstić information content (AvgIpc) is 2.38. The zero-order valence-electron chi connectivity index (χ0n) is 10.2. The minimum atomic E-state index is -4.31. The van der Waals surface area contributed by atoms with Gasteiger partial charge in [-0.25, -0.2) is 0 Å². The van der Waals surface area contributed by atoms with Crippen molar-refractivity contribution < 1.29 is 13.2 Å². The van der Waals surface area contributed by atoms with Crippen molar-refractivity contribution >= 4 is 24.8 Å². The maximum Gasteiger partial charge on any atom is 0.416 e. The molecule has 110 valence electrons. The molecule has 0 saturated carbocycles. The lowest BCUT2D eigenvalue weighted by Gasteiger charge is -2.10. The van der Waals surface area contributed by atoms with E-state index in [0.29, 0.717) is 12.1 Å². The van der Waals surface area contributed by atoms with Gasteiger partial charge in [0.2, 0.25) is 0 Å². The van der Waals surface area contributed by atoms with Gasteiger partial charge in [-0.2, -0.15) is 13.2 Å². The van der Waals surface area contributed by atoms with Crippen LogP contribution in [0.15, 0.2) is 42.7 Å². The van der Waals surface area contributed by atoms with Crippen LogP contribution in [0.1, 0.15) is 11.1 Å². The van der Waals surface area contributed by atoms with Crippen molar-refractivity contribution in [1.29, 1.82) is 0 Å². The van der Waals surface area contributed by atoms with Crippen LogP contribution in [0.25, 0.3) is 11.1 Å². The number of alkyl halides is 3. The maximum atomic E-state index is 12.4. The van der Waals surface area contributed by atoms with Crippen molar-refractivity contribution in [2.24, 2.45) is 5.73 Å². The summed E-state index contributed by atoms with van der Waals surface area (Å²) in [6.07, 6.45) is -1.10. The zero-order chi connectivity index (χ0) is 13.2. The fourth-order valence-electron chi connectivity index (χ4n) is 1.71. The Morgan fingerprint density at radius 3 is 2.10 bits per heavy atom. The molecule has 20 heavy (non-hydrogen) atoms. The fourth-order valence-corrected chi connectivity index (χ4v) is 1.71. The monoisotopic (exact) mass is 324 g/mol. The highest BCUT2D eigenvalue weighted by Crippen LogP contribution is 2.31. The quantitative estimate of drug-likeness (QED) is 0.904. The molecule has 0 bridgehead atoms. The number of hydrogen-bond donors (Lipinski definition) is 1. The standard InChI is InChI=1S/C13H11F3N2.2ClH/c14-13(15,16)11-3-1-9(2-4-11)12-5-6-18-8-10(12)7-17;;/h1-6,8H,7,17H2;2*1H. The normalized spacial score (nSPS) is 10.4. The first-order valence-corrected chi connectivity index (χ1v) is 5.33. The number of benzene rings is 1. The summed E-state index contributed by atoms with van der Waals surface area (Å²) in [6, 6.07) is 6.76. The summed E-state index contributed by atoms with van der Waals surface area (Å²) in [7, 11) is 0. The Kier molecular flexibility index (Phi) is 6.99. The van der Waals surface area contributed by atoms with E-state index in [1.54, 1.807) is 18.5 Å². The molecule has 2 nitrogen and oxygen atoms in total. The number of rotatable bonds is 2. The van der Waals surface area contributed by atoms with Gasteiger partial charge in [0, 0.05) is 18.9 Å². The lowest BCUT2D eigenvalue weighted by molar-refractivity contribution is -0.137. The van der Waals surface area contributed by atoms with Crippen LogP contribution in [0.2, 0.25) is 0 Å². The Morgan fingerprint density at radius 2 is 1.60 bits per heavy atom. The molecular formula is C13H13Cl2F3N2. The second-order valence-corrected chi connectivity index (χ2v) is 3.81. The molecule has 1 heterocycles. The van der Waals surface area contributed by atoms with E-state index in [0.717, 1.165) is 23.3 Å². The van der Waals surface area contributed by atoms with Gasteiger partial charge in [0.15, 0.2) is 0 Å². The summed E-state index contributed by atoms with van der Waals surface area (Å²) in [6.45, 7) is 0.296. The summed E-state index contributed by atoms with van der Waals surface area (Å²) in [5.74, 6) is 0. The molecule has 1 aromatic heterocycles. The zero-order valence-corrected chi connectivity index (χ0v) is 11.9. The summed E-state index contributed by atoms with van der Waals surface area (Å²) in [5.41, 5.74) is 7.22. The molecule has 0 aliphatic rings. The van der Waals surface area contributed by atoms with E-state index in [-0.39, 0.29) is 24.8 Å². The predicted octanol–water partition coefficient (Wildman–Crippen LogP) is 4.07. The third-order valence-corrected chi connectivity index (χ3v) is 2.65. The third kappa shape index (κ3) is 4.10. The molecule has 1 aromatic carbocycles. The molecular weight excluding hydrogens is 312 g/mol. The first kappa shape index (κ1) is 18.7. The largest absolute Gasteiger partial charge is 0.416 e. The third-order valence-electron chi connectivity index (χ3n) is 2.65. The number of hydrogen-bond acceptors (Lipinski definition) is 2. The fraction of sp³-hybridized carbons (Fsp3) is 0.154. The van der Waals surface area contributed by atoms with E-state index in [1.807, 2.05) is 0 Å². The van der Waals surface area contributed by atoms with Gasteiger partial charge < -0.3 is 5.73 Å². The van der Waals surface area contributed by atoms with E-state index >= 15 is 0 Å². The molecule has 0 saturated heterocycles. The Labute approximate surface area is 127 Å². The van der Waals surface area contributed by atoms with Gasteiger partial charge in [-0.15, -0.1) is 24.8 Å². The number of pyridine rings is 1. The molecule has 0 aliphatic carbocycles. The lowest BCUT2D eigenvalue weighted by Crippen LogP contribution is -2.04. The van der Waals surface area contributed by atoms with Crippen LogP contribution in [0.4, 0.5) is 13.2 Å². The summed E-state index contributed by atoms with van der Waals surface area (Å²) in [5, 5.41) is 0.